The minimum Gasteiger partial charge on any atom is -0.388 e. The van der Waals surface area contributed by atoms with E-state index in [-0.39, 0.29) is 0 Å². The summed E-state index contributed by atoms with van der Waals surface area (Å²) in [6.07, 6.45) is 5.57. The fraction of sp³-hybridized carbons (Fsp3) is 0.385. The van der Waals surface area contributed by atoms with Gasteiger partial charge in [0, 0.05) is 18.3 Å². The second-order valence-corrected chi connectivity index (χ2v) is 3.54. The van der Waals surface area contributed by atoms with E-state index in [0.717, 1.165) is 11.3 Å². The number of aliphatic hydroxyl groups excluding tert-OH is 1. The molecule has 0 radical (unpaired) electrons. The Bertz CT molecular complexity index is 354. The number of hydrogen-bond donors (Lipinski definition) is 1. The standard InChI is InChI=1S/C13H17NO/c1-4-10-14(3)12-9-7-6-8-11(12)13(15)5-2/h1,6-9,13,15H,5,10H2,2-3H3/t13-/m1/s1. The van der Waals surface area contributed by atoms with Gasteiger partial charge in [0.15, 0.2) is 0 Å². The first-order chi connectivity index (χ1) is 7.20. The molecule has 1 N–H and O–H groups in total. The molecular weight excluding hydrogens is 186 g/mol. The van der Waals surface area contributed by atoms with Gasteiger partial charge in [-0.3, -0.25) is 0 Å². The lowest BCUT2D eigenvalue weighted by Crippen LogP contribution is -2.19. The Morgan fingerprint density at radius 2 is 2.13 bits per heavy atom. The maximum Gasteiger partial charge on any atom is 0.0807 e. The Hall–Kier alpha value is -1.46. The third-order valence-corrected chi connectivity index (χ3v) is 2.42. The molecule has 1 rings (SSSR count). The highest BCUT2D eigenvalue weighted by Crippen LogP contribution is 2.26. The minimum atomic E-state index is -0.415. The van der Waals surface area contributed by atoms with Crippen LogP contribution in [0.4, 0.5) is 5.69 Å². The molecule has 0 saturated heterocycles. The lowest BCUT2D eigenvalue weighted by molar-refractivity contribution is 0.174. The van der Waals surface area contributed by atoms with Crippen LogP contribution in [-0.4, -0.2) is 18.7 Å². The smallest absolute Gasteiger partial charge is 0.0807 e. The highest BCUT2D eigenvalue weighted by atomic mass is 16.3. The van der Waals surface area contributed by atoms with E-state index < -0.39 is 6.10 Å². The van der Waals surface area contributed by atoms with Gasteiger partial charge >= 0.3 is 0 Å². The van der Waals surface area contributed by atoms with E-state index in [4.69, 9.17) is 6.42 Å². The van der Waals surface area contributed by atoms with Crippen molar-refractivity contribution in [2.45, 2.75) is 19.4 Å². The molecule has 2 nitrogen and oxygen atoms in total. The molecule has 1 atom stereocenters. The molecule has 2 heteroatoms. The van der Waals surface area contributed by atoms with Crippen LogP contribution in [0.5, 0.6) is 0 Å². The number of aliphatic hydroxyl groups is 1. The average molecular weight is 203 g/mol. The van der Waals surface area contributed by atoms with E-state index in [2.05, 4.69) is 5.92 Å². The first kappa shape index (κ1) is 11.6. The fourth-order valence-corrected chi connectivity index (χ4v) is 1.56. The number of anilines is 1. The SMILES string of the molecule is C#CCN(C)c1ccccc1[C@H](O)CC. The molecule has 0 fully saturated rings. The van der Waals surface area contributed by atoms with Crippen LogP contribution in [0.15, 0.2) is 24.3 Å². The van der Waals surface area contributed by atoms with E-state index in [0.29, 0.717) is 13.0 Å². The molecule has 15 heavy (non-hydrogen) atoms. The van der Waals surface area contributed by atoms with E-state index in [1.807, 2.05) is 43.1 Å². The molecule has 0 aromatic heterocycles. The van der Waals surface area contributed by atoms with E-state index in [1.54, 1.807) is 0 Å². The van der Waals surface area contributed by atoms with Crippen molar-refractivity contribution in [1.82, 2.24) is 0 Å². The maximum atomic E-state index is 9.85. The number of hydrogen-bond acceptors (Lipinski definition) is 2. The summed E-state index contributed by atoms with van der Waals surface area (Å²) >= 11 is 0. The van der Waals surface area contributed by atoms with Crippen LogP contribution >= 0.6 is 0 Å². The van der Waals surface area contributed by atoms with Gasteiger partial charge < -0.3 is 10.0 Å². The summed E-state index contributed by atoms with van der Waals surface area (Å²) < 4.78 is 0. The van der Waals surface area contributed by atoms with Gasteiger partial charge in [-0.05, 0) is 12.5 Å². The zero-order valence-electron chi connectivity index (χ0n) is 9.27. The minimum absolute atomic E-state index is 0.415. The van der Waals surface area contributed by atoms with Crippen LogP contribution < -0.4 is 4.90 Å². The molecule has 0 aliphatic carbocycles. The van der Waals surface area contributed by atoms with Gasteiger partial charge in [-0.2, -0.15) is 0 Å². The summed E-state index contributed by atoms with van der Waals surface area (Å²) in [4.78, 5) is 1.97. The molecule has 0 saturated carbocycles. The van der Waals surface area contributed by atoms with Gasteiger partial charge in [-0.25, -0.2) is 0 Å². The molecule has 0 spiro atoms. The lowest BCUT2D eigenvalue weighted by atomic mass is 10.0. The van der Waals surface area contributed by atoms with Crippen LogP contribution in [0.3, 0.4) is 0 Å². The Morgan fingerprint density at radius 3 is 2.73 bits per heavy atom. The zero-order chi connectivity index (χ0) is 11.3. The van der Waals surface area contributed by atoms with E-state index in [1.165, 1.54) is 0 Å². The van der Waals surface area contributed by atoms with E-state index >= 15 is 0 Å². The van der Waals surface area contributed by atoms with Crippen molar-refractivity contribution in [3.63, 3.8) is 0 Å². The quantitative estimate of drug-likeness (QED) is 0.758. The summed E-state index contributed by atoms with van der Waals surface area (Å²) in [6.45, 7) is 2.51. The third-order valence-electron chi connectivity index (χ3n) is 2.42. The largest absolute Gasteiger partial charge is 0.388 e. The lowest BCUT2D eigenvalue weighted by Gasteiger charge is -2.22. The van der Waals surface area contributed by atoms with Gasteiger partial charge in [-0.15, -0.1) is 6.42 Å². The molecule has 1 aromatic carbocycles. The van der Waals surface area contributed by atoms with Crippen molar-refractivity contribution in [2.24, 2.45) is 0 Å². The maximum absolute atomic E-state index is 9.85. The first-order valence-corrected chi connectivity index (χ1v) is 5.12. The Labute approximate surface area is 91.5 Å². The highest BCUT2D eigenvalue weighted by Gasteiger charge is 2.11. The van der Waals surface area contributed by atoms with Crippen LogP contribution in [0.1, 0.15) is 25.0 Å². The number of terminal acetylenes is 1. The molecule has 0 bridgehead atoms. The average Bonchev–Trinajstić information content (AvgIpc) is 2.28. The van der Waals surface area contributed by atoms with Crippen LogP contribution in [-0.2, 0) is 0 Å². The number of nitrogens with zero attached hydrogens (tertiary/aromatic N) is 1. The molecule has 1 aromatic rings. The monoisotopic (exact) mass is 203 g/mol. The highest BCUT2D eigenvalue weighted by molar-refractivity contribution is 5.54. The topological polar surface area (TPSA) is 23.5 Å². The summed E-state index contributed by atoms with van der Waals surface area (Å²) in [5.41, 5.74) is 1.95. The predicted molar refractivity (Wildman–Crippen MR) is 63.8 cm³/mol. The molecule has 0 amide bonds. The Morgan fingerprint density at radius 1 is 1.47 bits per heavy atom. The van der Waals surface area contributed by atoms with Gasteiger partial charge in [0.2, 0.25) is 0 Å². The van der Waals surface area contributed by atoms with Crippen molar-refractivity contribution < 1.29 is 5.11 Å². The summed E-state index contributed by atoms with van der Waals surface area (Å²) in [5.74, 6) is 2.59. The molecule has 80 valence electrons. The molecule has 0 aliphatic rings. The van der Waals surface area contributed by atoms with Crippen molar-refractivity contribution in [2.75, 3.05) is 18.5 Å². The third kappa shape index (κ3) is 2.74. The zero-order valence-corrected chi connectivity index (χ0v) is 9.27. The Balaban J connectivity index is 3.01. The molecular formula is C13H17NO. The van der Waals surface area contributed by atoms with E-state index in [9.17, 15) is 5.11 Å². The van der Waals surface area contributed by atoms with Crippen molar-refractivity contribution >= 4 is 5.69 Å². The number of rotatable bonds is 4. The first-order valence-electron chi connectivity index (χ1n) is 5.12. The predicted octanol–water partition coefficient (Wildman–Crippen LogP) is 2.20. The summed E-state index contributed by atoms with van der Waals surface area (Å²) in [5, 5.41) is 9.85. The molecule has 0 heterocycles. The van der Waals surface area contributed by atoms with Crippen LogP contribution in [0.25, 0.3) is 0 Å². The fourth-order valence-electron chi connectivity index (χ4n) is 1.56. The van der Waals surface area contributed by atoms with Crippen LogP contribution in [0.2, 0.25) is 0 Å². The van der Waals surface area contributed by atoms with Crippen molar-refractivity contribution in [3.8, 4) is 12.3 Å². The van der Waals surface area contributed by atoms with Gasteiger partial charge in [0.25, 0.3) is 0 Å². The van der Waals surface area contributed by atoms with Gasteiger partial charge in [0.1, 0.15) is 0 Å². The second kappa shape index (κ2) is 5.43. The van der Waals surface area contributed by atoms with Crippen LogP contribution in [0, 0.1) is 12.3 Å². The van der Waals surface area contributed by atoms with Gasteiger partial charge in [-0.1, -0.05) is 31.0 Å². The van der Waals surface area contributed by atoms with Crippen molar-refractivity contribution in [3.05, 3.63) is 29.8 Å². The second-order valence-electron chi connectivity index (χ2n) is 3.54. The number of para-hydroxylation sites is 1. The number of benzene rings is 1. The Kier molecular flexibility index (Phi) is 4.20. The summed E-state index contributed by atoms with van der Waals surface area (Å²) in [6, 6.07) is 7.80. The van der Waals surface area contributed by atoms with Gasteiger partial charge in [0.05, 0.1) is 12.6 Å². The normalized spacial score (nSPS) is 11.9. The molecule has 0 unspecified atom stereocenters. The molecule has 0 aliphatic heterocycles. The summed E-state index contributed by atoms with van der Waals surface area (Å²) in [7, 11) is 1.93. The van der Waals surface area contributed by atoms with Crippen molar-refractivity contribution in [1.29, 1.82) is 0 Å².